The molecule has 0 radical (unpaired) electrons. The first-order valence-corrected chi connectivity index (χ1v) is 4.03. The first kappa shape index (κ1) is 9.57. The van der Waals surface area contributed by atoms with Crippen molar-refractivity contribution in [2.24, 2.45) is 0 Å². The molecular formula is C8H12N2O3. The van der Waals surface area contributed by atoms with Crippen LogP contribution in [0.1, 0.15) is 18.4 Å². The molecule has 1 amide bonds. The summed E-state index contributed by atoms with van der Waals surface area (Å²) in [5, 5.41) is 2.53. The number of amides is 1. The van der Waals surface area contributed by atoms with Gasteiger partial charge >= 0.3 is 6.09 Å². The van der Waals surface area contributed by atoms with Gasteiger partial charge in [-0.1, -0.05) is 0 Å². The Morgan fingerprint density at radius 2 is 2.54 bits per heavy atom. The van der Waals surface area contributed by atoms with Crippen LogP contribution in [0.15, 0.2) is 10.8 Å². The minimum atomic E-state index is -0.446. The van der Waals surface area contributed by atoms with Gasteiger partial charge in [-0.3, -0.25) is 0 Å². The molecule has 0 aliphatic carbocycles. The van der Waals surface area contributed by atoms with Gasteiger partial charge in [0.1, 0.15) is 5.76 Å². The molecule has 0 spiro atoms. The fourth-order valence-corrected chi connectivity index (χ4v) is 0.830. The van der Waals surface area contributed by atoms with Gasteiger partial charge < -0.3 is 14.5 Å². The van der Waals surface area contributed by atoms with E-state index in [0.717, 1.165) is 5.69 Å². The Labute approximate surface area is 76.1 Å². The summed E-state index contributed by atoms with van der Waals surface area (Å²) in [5.41, 5.74) is 0.775. The van der Waals surface area contributed by atoms with Gasteiger partial charge in [-0.25, -0.2) is 9.78 Å². The first-order chi connectivity index (χ1) is 6.24. The molecule has 0 aliphatic heterocycles. The summed E-state index contributed by atoms with van der Waals surface area (Å²) in [6, 6.07) is 0. The first-order valence-electron chi connectivity index (χ1n) is 4.03. The highest BCUT2D eigenvalue weighted by molar-refractivity contribution is 5.66. The quantitative estimate of drug-likeness (QED) is 0.767. The molecule has 5 nitrogen and oxygen atoms in total. The third kappa shape index (κ3) is 2.77. The van der Waals surface area contributed by atoms with Crippen LogP contribution in [0, 0.1) is 6.92 Å². The lowest BCUT2D eigenvalue weighted by atomic mass is 10.4. The zero-order chi connectivity index (χ0) is 9.68. The van der Waals surface area contributed by atoms with Crippen LogP contribution >= 0.6 is 0 Å². The van der Waals surface area contributed by atoms with E-state index in [-0.39, 0.29) is 0 Å². The molecule has 0 atom stereocenters. The van der Waals surface area contributed by atoms with Gasteiger partial charge in [0.25, 0.3) is 0 Å². The number of alkyl carbamates (subject to hydrolysis) is 1. The predicted octanol–water partition coefficient (Wildman–Crippen LogP) is 1.23. The highest BCUT2D eigenvalue weighted by atomic mass is 16.5. The summed E-state index contributed by atoms with van der Waals surface area (Å²) >= 11 is 0. The molecule has 0 aromatic carbocycles. The molecule has 1 heterocycles. The minimum absolute atomic E-state index is 0.310. The van der Waals surface area contributed by atoms with E-state index in [9.17, 15) is 4.79 Å². The number of hydrogen-bond acceptors (Lipinski definition) is 4. The summed E-state index contributed by atoms with van der Waals surface area (Å²) in [6.45, 7) is 4.23. The van der Waals surface area contributed by atoms with Crippen molar-refractivity contribution in [3.63, 3.8) is 0 Å². The highest BCUT2D eigenvalue weighted by Crippen LogP contribution is 2.03. The Bertz CT molecular complexity index is 283. The molecule has 1 aromatic heterocycles. The summed E-state index contributed by atoms with van der Waals surface area (Å²) < 4.78 is 9.68. The van der Waals surface area contributed by atoms with E-state index in [1.54, 1.807) is 6.92 Å². The Morgan fingerprint density at radius 1 is 1.77 bits per heavy atom. The van der Waals surface area contributed by atoms with Crippen molar-refractivity contribution in [1.82, 2.24) is 10.3 Å². The van der Waals surface area contributed by atoms with Gasteiger partial charge in [-0.05, 0) is 13.8 Å². The molecule has 13 heavy (non-hydrogen) atoms. The number of nitrogens with one attached hydrogen (secondary N) is 1. The number of rotatable bonds is 3. The van der Waals surface area contributed by atoms with Crippen molar-refractivity contribution in [3.05, 3.63) is 17.8 Å². The van der Waals surface area contributed by atoms with Crippen LogP contribution < -0.4 is 5.32 Å². The number of carbonyl (C=O) groups is 1. The van der Waals surface area contributed by atoms with Crippen molar-refractivity contribution >= 4 is 6.09 Å². The van der Waals surface area contributed by atoms with Crippen molar-refractivity contribution in [1.29, 1.82) is 0 Å². The SMILES string of the molecule is CCOC(=O)NCc1ocnc1C. The number of aryl methyl sites for hydroxylation is 1. The number of nitrogens with zero attached hydrogens (tertiary/aromatic N) is 1. The summed E-state index contributed by atoms with van der Waals surface area (Å²) in [4.78, 5) is 14.7. The molecule has 0 fully saturated rings. The second kappa shape index (κ2) is 4.49. The van der Waals surface area contributed by atoms with Crippen LogP contribution in [0.5, 0.6) is 0 Å². The standard InChI is InChI=1S/C8H12N2O3/c1-3-12-8(11)9-4-7-6(2)10-5-13-7/h5H,3-4H2,1-2H3,(H,9,11). The third-order valence-corrected chi connectivity index (χ3v) is 1.51. The maximum atomic E-state index is 10.9. The molecular weight excluding hydrogens is 172 g/mol. The number of carbonyl (C=O) groups excluding carboxylic acids is 1. The minimum Gasteiger partial charge on any atom is -0.450 e. The van der Waals surface area contributed by atoms with Crippen LogP contribution in [0.4, 0.5) is 4.79 Å². The monoisotopic (exact) mass is 184 g/mol. The average Bonchev–Trinajstić information content (AvgIpc) is 2.48. The average molecular weight is 184 g/mol. The molecule has 1 rings (SSSR count). The summed E-state index contributed by atoms with van der Waals surface area (Å²) in [5.74, 6) is 0.646. The summed E-state index contributed by atoms with van der Waals surface area (Å²) in [6.07, 6.45) is 0.899. The molecule has 5 heteroatoms. The second-order valence-corrected chi connectivity index (χ2v) is 2.43. The zero-order valence-electron chi connectivity index (χ0n) is 7.66. The highest BCUT2D eigenvalue weighted by Gasteiger charge is 2.05. The van der Waals surface area contributed by atoms with E-state index in [1.807, 2.05) is 6.92 Å². The van der Waals surface area contributed by atoms with Gasteiger partial charge in [-0.15, -0.1) is 0 Å². The van der Waals surface area contributed by atoms with Crippen LogP contribution in [0.3, 0.4) is 0 Å². The fourth-order valence-electron chi connectivity index (χ4n) is 0.830. The topological polar surface area (TPSA) is 64.4 Å². The zero-order valence-corrected chi connectivity index (χ0v) is 7.66. The van der Waals surface area contributed by atoms with Crippen LogP contribution in [-0.4, -0.2) is 17.7 Å². The number of hydrogen-bond donors (Lipinski definition) is 1. The Hall–Kier alpha value is -1.52. The van der Waals surface area contributed by atoms with E-state index in [1.165, 1.54) is 6.39 Å². The molecule has 1 N–H and O–H groups in total. The number of aromatic nitrogens is 1. The Morgan fingerprint density at radius 3 is 3.08 bits per heavy atom. The normalized spacial score (nSPS) is 9.69. The number of oxazole rings is 1. The second-order valence-electron chi connectivity index (χ2n) is 2.43. The van der Waals surface area contributed by atoms with E-state index >= 15 is 0 Å². The lowest BCUT2D eigenvalue weighted by Gasteiger charge is -2.02. The Balaban J connectivity index is 2.35. The van der Waals surface area contributed by atoms with E-state index in [4.69, 9.17) is 4.42 Å². The van der Waals surface area contributed by atoms with Crippen molar-refractivity contribution in [2.45, 2.75) is 20.4 Å². The van der Waals surface area contributed by atoms with Crippen molar-refractivity contribution in [3.8, 4) is 0 Å². The van der Waals surface area contributed by atoms with E-state index < -0.39 is 6.09 Å². The van der Waals surface area contributed by atoms with Crippen molar-refractivity contribution in [2.75, 3.05) is 6.61 Å². The van der Waals surface area contributed by atoms with Crippen LogP contribution in [0.2, 0.25) is 0 Å². The third-order valence-electron chi connectivity index (χ3n) is 1.51. The van der Waals surface area contributed by atoms with Gasteiger partial charge in [0.2, 0.25) is 0 Å². The molecule has 0 aliphatic rings. The molecule has 0 saturated heterocycles. The largest absolute Gasteiger partial charge is 0.450 e. The summed E-state index contributed by atoms with van der Waals surface area (Å²) in [7, 11) is 0. The Kier molecular flexibility index (Phi) is 3.31. The van der Waals surface area contributed by atoms with Crippen molar-refractivity contribution < 1.29 is 13.9 Å². The van der Waals surface area contributed by atoms with Gasteiger partial charge in [-0.2, -0.15) is 0 Å². The number of ether oxygens (including phenoxy) is 1. The maximum absolute atomic E-state index is 10.9. The molecule has 0 saturated carbocycles. The molecule has 1 aromatic rings. The van der Waals surface area contributed by atoms with E-state index in [2.05, 4.69) is 15.0 Å². The van der Waals surface area contributed by atoms with E-state index in [0.29, 0.717) is 18.9 Å². The van der Waals surface area contributed by atoms with Gasteiger partial charge in [0, 0.05) is 0 Å². The van der Waals surface area contributed by atoms with Crippen LogP contribution in [-0.2, 0) is 11.3 Å². The fraction of sp³-hybridized carbons (Fsp3) is 0.500. The molecule has 0 bridgehead atoms. The lowest BCUT2D eigenvalue weighted by molar-refractivity contribution is 0.151. The molecule has 72 valence electrons. The smallest absolute Gasteiger partial charge is 0.407 e. The molecule has 0 unspecified atom stereocenters. The van der Waals surface area contributed by atoms with Gasteiger partial charge in [0.05, 0.1) is 18.8 Å². The predicted molar refractivity (Wildman–Crippen MR) is 45.1 cm³/mol. The lowest BCUT2D eigenvalue weighted by Crippen LogP contribution is -2.23. The van der Waals surface area contributed by atoms with Crippen LogP contribution in [0.25, 0.3) is 0 Å². The maximum Gasteiger partial charge on any atom is 0.407 e. The van der Waals surface area contributed by atoms with Gasteiger partial charge in [0.15, 0.2) is 6.39 Å².